The van der Waals surface area contributed by atoms with E-state index >= 15 is 0 Å². The molecular formula is C9H18N2OU. The van der Waals surface area contributed by atoms with Crippen molar-refractivity contribution in [1.29, 1.82) is 0 Å². The predicted octanol–water partition coefficient (Wildman–Crippen LogP) is 1.54. The molecule has 1 heterocycles. The first kappa shape index (κ1) is 16.1. The molecule has 13 heavy (non-hydrogen) atoms. The molecule has 1 N–H and O–H groups in total. The van der Waals surface area contributed by atoms with E-state index in [1.165, 1.54) is 7.05 Å². The molecule has 0 unspecified atom stereocenters. The van der Waals surface area contributed by atoms with Gasteiger partial charge < -0.3 is 17.1 Å². The number of Topliss-reactive ketones (excluding diaryl/α,β-unsaturated/α-hetero) is 1. The van der Waals surface area contributed by atoms with E-state index in [4.69, 9.17) is 5.73 Å². The van der Waals surface area contributed by atoms with Crippen molar-refractivity contribution >= 4 is 5.78 Å². The van der Waals surface area contributed by atoms with Crippen LogP contribution >= 0.6 is 0 Å². The Morgan fingerprint density at radius 3 is 2.23 bits per heavy atom. The maximum absolute atomic E-state index is 10.7. The van der Waals surface area contributed by atoms with E-state index in [0.717, 1.165) is 25.9 Å². The first-order chi connectivity index (χ1) is 5.79. The third kappa shape index (κ3) is 8.96. The van der Waals surface area contributed by atoms with Gasteiger partial charge in [-0.1, -0.05) is 0 Å². The average molecular weight is 408 g/mol. The van der Waals surface area contributed by atoms with Crippen molar-refractivity contribution in [3.63, 3.8) is 0 Å². The normalized spacial score (nSPS) is 16.5. The number of piperidine rings is 1. The van der Waals surface area contributed by atoms with Crippen LogP contribution in [-0.4, -0.2) is 37.4 Å². The Morgan fingerprint density at radius 1 is 1.38 bits per heavy atom. The third-order valence-electron chi connectivity index (χ3n) is 1.75. The Hall–Kier alpha value is 0.642. The number of hydrogen-bond acceptors (Lipinski definition) is 2. The van der Waals surface area contributed by atoms with Crippen molar-refractivity contribution in [2.45, 2.75) is 19.8 Å². The Balaban J connectivity index is 0. The van der Waals surface area contributed by atoms with Gasteiger partial charge in [-0.25, -0.2) is 0 Å². The summed E-state index contributed by atoms with van der Waals surface area (Å²) >= 11 is 0. The van der Waals surface area contributed by atoms with Crippen LogP contribution in [0, 0.1) is 37.5 Å². The SMILES string of the molecule is CC(=O)CN1CC[CH-]CC1.C[NH-].[U+2]. The Kier molecular flexibility index (Phi) is 13.3. The van der Waals surface area contributed by atoms with Gasteiger partial charge in [0.15, 0.2) is 0 Å². The molecule has 1 rings (SSSR count). The minimum atomic E-state index is 0. The van der Waals surface area contributed by atoms with Crippen LogP contribution in [0.4, 0.5) is 0 Å². The minimum Gasteiger partial charge on any atom is -0.680 e. The number of carbonyl (C=O) groups excluding carboxylic acids is 1. The molecule has 0 aromatic carbocycles. The van der Waals surface area contributed by atoms with Crippen molar-refractivity contribution in [3.8, 4) is 0 Å². The summed E-state index contributed by atoms with van der Waals surface area (Å²) in [6, 6.07) is 0. The molecule has 0 bridgehead atoms. The van der Waals surface area contributed by atoms with Crippen molar-refractivity contribution < 1.29 is 35.9 Å². The van der Waals surface area contributed by atoms with E-state index in [0.29, 0.717) is 6.54 Å². The summed E-state index contributed by atoms with van der Waals surface area (Å²) < 4.78 is 0. The van der Waals surface area contributed by atoms with Gasteiger partial charge in [0, 0.05) is 0 Å². The number of hydrogen-bond donors (Lipinski definition) is 0. The summed E-state index contributed by atoms with van der Waals surface area (Å²) in [5, 5.41) is 0. The number of likely N-dealkylation sites (tertiary alicyclic amines) is 1. The molecule has 1 saturated heterocycles. The monoisotopic (exact) mass is 408 g/mol. The summed E-state index contributed by atoms with van der Waals surface area (Å²) in [6.45, 7) is 4.44. The second kappa shape index (κ2) is 10.7. The second-order valence-electron chi connectivity index (χ2n) is 2.84. The van der Waals surface area contributed by atoms with Gasteiger partial charge in [0.1, 0.15) is 5.78 Å². The predicted molar refractivity (Wildman–Crippen MR) is 50.9 cm³/mol. The fourth-order valence-electron chi connectivity index (χ4n) is 1.28. The van der Waals surface area contributed by atoms with Gasteiger partial charge in [0.25, 0.3) is 0 Å². The van der Waals surface area contributed by atoms with Crippen LogP contribution in [0.1, 0.15) is 19.8 Å². The van der Waals surface area contributed by atoms with Gasteiger partial charge >= 0.3 is 31.1 Å². The molecular weight excluding hydrogens is 390 g/mol. The molecule has 74 valence electrons. The molecule has 0 aromatic rings. The summed E-state index contributed by atoms with van der Waals surface area (Å²) in [6.07, 6.45) is 4.58. The average Bonchev–Trinajstić information content (AvgIpc) is 2.08. The molecule has 1 fully saturated rings. The van der Waals surface area contributed by atoms with Crippen LogP contribution in [0.2, 0.25) is 0 Å². The van der Waals surface area contributed by atoms with Crippen LogP contribution in [-0.2, 0) is 4.79 Å². The summed E-state index contributed by atoms with van der Waals surface area (Å²) in [5.41, 5.74) is 5.75. The van der Waals surface area contributed by atoms with E-state index in [2.05, 4.69) is 11.3 Å². The molecule has 3 nitrogen and oxygen atoms in total. The molecule has 4 heteroatoms. The van der Waals surface area contributed by atoms with Crippen molar-refractivity contribution in [3.05, 3.63) is 12.2 Å². The quantitative estimate of drug-likeness (QED) is 0.651. The zero-order chi connectivity index (χ0) is 9.40. The van der Waals surface area contributed by atoms with Crippen LogP contribution < -0.4 is 0 Å². The van der Waals surface area contributed by atoms with Crippen molar-refractivity contribution in [2.75, 3.05) is 26.7 Å². The second-order valence-corrected chi connectivity index (χ2v) is 2.84. The number of nitrogens with zero attached hydrogens (tertiary/aromatic N) is 1. The molecule has 0 amide bonds. The standard InChI is InChI=1S/C8H14NO.CH4N.U/c1-8(10)7-9-5-3-2-4-6-9;1-2;/h2H,3-7H2,1H3;2H,1H3;/q2*-1;+2. The van der Waals surface area contributed by atoms with Crippen LogP contribution in [0.15, 0.2) is 0 Å². The number of carbonyl (C=O) groups is 1. The molecule has 1 aliphatic heterocycles. The molecule has 0 aliphatic carbocycles. The van der Waals surface area contributed by atoms with Crippen molar-refractivity contribution in [2.24, 2.45) is 0 Å². The summed E-state index contributed by atoms with van der Waals surface area (Å²) in [4.78, 5) is 12.9. The maximum atomic E-state index is 10.7. The van der Waals surface area contributed by atoms with Crippen LogP contribution in [0.5, 0.6) is 0 Å². The zero-order valence-electron chi connectivity index (χ0n) is 8.47. The van der Waals surface area contributed by atoms with E-state index in [1.807, 2.05) is 0 Å². The van der Waals surface area contributed by atoms with E-state index < -0.39 is 0 Å². The Labute approximate surface area is 105 Å². The van der Waals surface area contributed by atoms with Gasteiger partial charge in [-0.2, -0.15) is 19.9 Å². The van der Waals surface area contributed by atoms with Gasteiger partial charge in [-0.05, 0) is 20.0 Å². The summed E-state index contributed by atoms with van der Waals surface area (Å²) in [7, 11) is 1.25. The fourth-order valence-corrected chi connectivity index (χ4v) is 1.28. The maximum Gasteiger partial charge on any atom is 2.00 e. The zero-order valence-corrected chi connectivity index (χ0v) is 12.6. The molecule has 0 spiro atoms. The molecule has 1 aliphatic rings. The third-order valence-corrected chi connectivity index (χ3v) is 1.75. The van der Waals surface area contributed by atoms with Gasteiger partial charge in [-0.15, -0.1) is 0 Å². The van der Waals surface area contributed by atoms with E-state index in [9.17, 15) is 4.79 Å². The Bertz CT molecular complexity index is 125. The fraction of sp³-hybridized carbons (Fsp3) is 0.778. The molecule has 0 radical (unpaired) electrons. The summed E-state index contributed by atoms with van der Waals surface area (Å²) in [5.74, 6) is 0.280. The van der Waals surface area contributed by atoms with Crippen LogP contribution in [0.3, 0.4) is 0 Å². The van der Waals surface area contributed by atoms with Gasteiger partial charge in [-0.3, -0.25) is 4.79 Å². The number of ketones is 1. The van der Waals surface area contributed by atoms with E-state index in [-0.39, 0.29) is 36.9 Å². The molecule has 0 atom stereocenters. The Morgan fingerprint density at radius 2 is 1.85 bits per heavy atom. The first-order valence-corrected chi connectivity index (χ1v) is 4.32. The van der Waals surface area contributed by atoms with Crippen molar-refractivity contribution in [1.82, 2.24) is 4.90 Å². The van der Waals surface area contributed by atoms with Crippen LogP contribution in [0.25, 0.3) is 5.73 Å². The number of nitrogens with one attached hydrogen (secondary N) is 1. The minimum absolute atomic E-state index is 0. The van der Waals surface area contributed by atoms with Gasteiger partial charge in [0.05, 0.1) is 6.54 Å². The topological polar surface area (TPSA) is 44.1 Å². The molecule has 0 aromatic heterocycles. The molecule has 0 saturated carbocycles. The largest absolute Gasteiger partial charge is 2.00 e. The van der Waals surface area contributed by atoms with E-state index in [1.54, 1.807) is 6.92 Å². The smallest absolute Gasteiger partial charge is 0.680 e. The number of rotatable bonds is 2. The first-order valence-electron chi connectivity index (χ1n) is 4.32. The van der Waals surface area contributed by atoms with Gasteiger partial charge in [0.2, 0.25) is 0 Å².